The third kappa shape index (κ3) is 4.41. The fourth-order valence-corrected chi connectivity index (χ4v) is 4.12. The number of nitrogens with zero attached hydrogens (tertiary/aromatic N) is 3. The minimum absolute atomic E-state index is 0.0719. The monoisotopic (exact) mass is 482 g/mol. The van der Waals surface area contributed by atoms with Crippen molar-refractivity contribution < 1.29 is 4.79 Å². The smallest absolute Gasteiger partial charge is 0.265 e. The minimum Gasteiger partial charge on any atom is -0.355 e. The molecule has 0 aliphatic rings. The summed E-state index contributed by atoms with van der Waals surface area (Å²) in [5.74, 6) is -0.0651. The highest BCUT2D eigenvalue weighted by molar-refractivity contribution is 6.32. The number of aromatic nitrogens is 3. The summed E-state index contributed by atoms with van der Waals surface area (Å²) >= 11 is 12.7. The van der Waals surface area contributed by atoms with Crippen molar-refractivity contribution in [2.75, 3.05) is 7.05 Å². The summed E-state index contributed by atoms with van der Waals surface area (Å²) in [6.45, 7) is 4.62. The van der Waals surface area contributed by atoms with Gasteiger partial charge in [-0.15, -0.1) is 5.10 Å². The van der Waals surface area contributed by atoms with E-state index in [0.717, 1.165) is 17.7 Å². The molecule has 0 bridgehead atoms. The van der Waals surface area contributed by atoms with Crippen LogP contribution in [0, 0.1) is 5.92 Å². The van der Waals surface area contributed by atoms with Crippen LogP contribution in [-0.2, 0) is 6.54 Å². The predicted octanol–water partition coefficient (Wildman–Crippen LogP) is 5.57. The molecule has 33 heavy (non-hydrogen) atoms. The van der Waals surface area contributed by atoms with Crippen molar-refractivity contribution >= 4 is 40.1 Å². The van der Waals surface area contributed by atoms with Gasteiger partial charge in [0.2, 0.25) is 0 Å². The number of carbonyl (C=O) groups excluding carboxylic acids is 1. The highest BCUT2D eigenvalue weighted by Crippen LogP contribution is 2.34. The molecule has 6 nitrogen and oxygen atoms in total. The summed E-state index contributed by atoms with van der Waals surface area (Å²) < 4.78 is 3.32. The lowest BCUT2D eigenvalue weighted by molar-refractivity contribution is 0.0961. The quantitative estimate of drug-likeness (QED) is 0.390. The first-order valence-corrected chi connectivity index (χ1v) is 11.5. The lowest BCUT2D eigenvalue weighted by atomic mass is 10.1. The van der Waals surface area contributed by atoms with Crippen LogP contribution in [-0.4, -0.2) is 27.3 Å². The van der Waals surface area contributed by atoms with Crippen LogP contribution in [0.2, 0.25) is 10.0 Å². The Morgan fingerprint density at radius 2 is 1.79 bits per heavy atom. The second-order valence-electron chi connectivity index (χ2n) is 8.23. The molecule has 0 spiro atoms. The van der Waals surface area contributed by atoms with Gasteiger partial charge >= 0.3 is 0 Å². The van der Waals surface area contributed by atoms with E-state index in [4.69, 9.17) is 28.3 Å². The van der Waals surface area contributed by atoms with Crippen LogP contribution in [0.1, 0.15) is 30.6 Å². The summed E-state index contributed by atoms with van der Waals surface area (Å²) in [7, 11) is 1.51. The van der Waals surface area contributed by atoms with Crippen molar-refractivity contribution in [1.82, 2.24) is 19.7 Å². The summed E-state index contributed by atoms with van der Waals surface area (Å²) in [5, 5.41) is 9.21. The third-order valence-electron chi connectivity index (χ3n) is 5.52. The molecular weight excluding hydrogens is 459 g/mol. The van der Waals surface area contributed by atoms with Crippen LogP contribution in [0.4, 0.5) is 0 Å². The molecule has 8 heteroatoms. The van der Waals surface area contributed by atoms with Gasteiger partial charge in [-0.05, 0) is 42.7 Å². The van der Waals surface area contributed by atoms with E-state index in [2.05, 4.69) is 19.2 Å². The van der Waals surface area contributed by atoms with Gasteiger partial charge in [0, 0.05) is 29.6 Å². The predicted molar refractivity (Wildman–Crippen MR) is 134 cm³/mol. The zero-order valence-corrected chi connectivity index (χ0v) is 20.1. The highest BCUT2D eigenvalue weighted by Gasteiger charge is 2.23. The molecule has 0 atom stereocenters. The molecule has 2 aromatic heterocycles. The zero-order chi connectivity index (χ0) is 23.7. The van der Waals surface area contributed by atoms with E-state index >= 15 is 0 Å². The van der Waals surface area contributed by atoms with Crippen molar-refractivity contribution in [1.29, 1.82) is 0 Å². The Bertz CT molecular complexity index is 1390. The Labute approximate surface area is 201 Å². The van der Waals surface area contributed by atoms with E-state index < -0.39 is 5.91 Å². The molecule has 0 saturated carbocycles. The van der Waals surface area contributed by atoms with Gasteiger partial charge in [0.05, 0.1) is 16.4 Å². The second-order valence-corrected chi connectivity index (χ2v) is 9.08. The van der Waals surface area contributed by atoms with E-state index in [0.29, 0.717) is 39.2 Å². The number of hydrogen-bond acceptors (Lipinski definition) is 3. The van der Waals surface area contributed by atoms with Crippen molar-refractivity contribution in [3.05, 3.63) is 80.6 Å². The molecule has 0 aliphatic heterocycles. The number of carbonyl (C=O) groups is 1. The Balaban J connectivity index is 2.13. The molecule has 0 aliphatic carbocycles. The molecule has 0 unspecified atom stereocenters. The Morgan fingerprint density at radius 1 is 1.09 bits per heavy atom. The van der Waals surface area contributed by atoms with E-state index in [9.17, 15) is 9.59 Å². The van der Waals surface area contributed by atoms with E-state index in [1.165, 1.54) is 7.05 Å². The van der Waals surface area contributed by atoms with E-state index in [1.807, 2.05) is 30.3 Å². The van der Waals surface area contributed by atoms with Crippen molar-refractivity contribution in [3.8, 4) is 16.9 Å². The van der Waals surface area contributed by atoms with Crippen molar-refractivity contribution in [2.45, 2.75) is 26.8 Å². The molecule has 2 heterocycles. The zero-order valence-electron chi connectivity index (χ0n) is 18.6. The SMILES string of the molecule is CNC(=O)c1cc2c(-c3ccc(Cl)cc3)n(-c3ccccc3Cl)nc2n(CCC(C)C)c1=O. The first-order chi connectivity index (χ1) is 15.8. The lowest BCUT2D eigenvalue weighted by Crippen LogP contribution is -2.31. The summed E-state index contributed by atoms with van der Waals surface area (Å²) in [6, 6.07) is 16.3. The van der Waals surface area contributed by atoms with Crippen LogP contribution >= 0.6 is 23.2 Å². The molecule has 0 fully saturated rings. The first kappa shape index (κ1) is 23.1. The van der Waals surface area contributed by atoms with Gasteiger partial charge in [-0.1, -0.05) is 61.3 Å². The average Bonchev–Trinajstić information content (AvgIpc) is 3.17. The number of aryl methyl sites for hydroxylation is 1. The van der Waals surface area contributed by atoms with Gasteiger partial charge in [-0.3, -0.25) is 14.2 Å². The van der Waals surface area contributed by atoms with Crippen LogP contribution in [0.3, 0.4) is 0 Å². The van der Waals surface area contributed by atoms with Gasteiger partial charge in [0.15, 0.2) is 5.65 Å². The van der Waals surface area contributed by atoms with Crippen LogP contribution in [0.25, 0.3) is 28.0 Å². The summed E-state index contributed by atoms with van der Waals surface area (Å²) in [6.07, 6.45) is 0.765. The number of benzene rings is 2. The number of para-hydroxylation sites is 1. The molecule has 2 aromatic carbocycles. The first-order valence-electron chi connectivity index (χ1n) is 10.7. The number of nitrogens with one attached hydrogen (secondary N) is 1. The molecule has 170 valence electrons. The van der Waals surface area contributed by atoms with Gasteiger partial charge in [-0.2, -0.15) is 0 Å². The van der Waals surface area contributed by atoms with E-state index in [1.54, 1.807) is 33.5 Å². The molecular formula is C25H24Cl2N4O2. The standard InChI is InChI=1S/C25H24Cl2N4O2/c1-15(2)12-13-30-23-18(14-19(25(30)33)24(32)28-3)22(16-8-10-17(26)11-9-16)31(29-23)21-7-5-4-6-20(21)27/h4-11,14-15H,12-13H2,1-3H3,(H,28,32). The molecule has 4 rings (SSSR count). The maximum atomic E-state index is 13.3. The fourth-order valence-electron chi connectivity index (χ4n) is 3.77. The van der Waals surface area contributed by atoms with Gasteiger partial charge < -0.3 is 5.32 Å². The van der Waals surface area contributed by atoms with Crippen LogP contribution in [0.15, 0.2) is 59.4 Å². The molecule has 1 N–H and O–H groups in total. The largest absolute Gasteiger partial charge is 0.355 e. The Kier molecular flexibility index (Phi) is 6.58. The van der Waals surface area contributed by atoms with Gasteiger partial charge in [0.25, 0.3) is 11.5 Å². The third-order valence-corrected chi connectivity index (χ3v) is 6.09. The summed E-state index contributed by atoms with van der Waals surface area (Å²) in [5.41, 5.74) is 2.43. The highest BCUT2D eigenvalue weighted by atomic mass is 35.5. The fraction of sp³-hybridized carbons (Fsp3) is 0.240. The maximum absolute atomic E-state index is 13.3. The number of amides is 1. The average molecular weight is 483 g/mol. The number of rotatable bonds is 6. The molecule has 1 amide bonds. The number of halogens is 2. The molecule has 4 aromatic rings. The summed E-state index contributed by atoms with van der Waals surface area (Å²) in [4.78, 5) is 25.9. The lowest BCUT2D eigenvalue weighted by Gasteiger charge is -2.11. The number of fused-ring (bicyclic) bond motifs is 1. The normalized spacial score (nSPS) is 11.3. The van der Waals surface area contributed by atoms with Crippen molar-refractivity contribution in [2.24, 2.45) is 5.92 Å². The second kappa shape index (κ2) is 9.41. The molecule has 0 saturated heterocycles. The maximum Gasteiger partial charge on any atom is 0.265 e. The van der Waals surface area contributed by atoms with Crippen molar-refractivity contribution in [3.63, 3.8) is 0 Å². The van der Waals surface area contributed by atoms with Gasteiger partial charge in [0.1, 0.15) is 5.56 Å². The number of hydrogen-bond donors (Lipinski definition) is 1. The Hall–Kier alpha value is -3.09. The van der Waals surface area contributed by atoms with Crippen LogP contribution < -0.4 is 10.9 Å². The minimum atomic E-state index is -0.437. The Morgan fingerprint density at radius 3 is 2.42 bits per heavy atom. The number of pyridine rings is 1. The topological polar surface area (TPSA) is 68.9 Å². The van der Waals surface area contributed by atoms with Gasteiger partial charge in [-0.25, -0.2) is 4.68 Å². The van der Waals surface area contributed by atoms with E-state index in [-0.39, 0.29) is 11.1 Å². The van der Waals surface area contributed by atoms with Crippen LogP contribution in [0.5, 0.6) is 0 Å². The molecule has 0 radical (unpaired) electrons.